The third kappa shape index (κ3) is 1.13. The summed E-state index contributed by atoms with van der Waals surface area (Å²) in [6, 6.07) is 9.99. The Balaban J connectivity index is 1.89. The molecule has 2 heterocycles. The average Bonchev–Trinajstić information content (AvgIpc) is 2.95. The van der Waals surface area contributed by atoms with Crippen molar-refractivity contribution in [3.05, 3.63) is 54.1 Å². The summed E-state index contributed by atoms with van der Waals surface area (Å²) in [5.74, 6) is -1.91. The van der Waals surface area contributed by atoms with Crippen LogP contribution >= 0.6 is 0 Å². The van der Waals surface area contributed by atoms with Crippen molar-refractivity contribution in [2.45, 2.75) is 11.6 Å². The minimum absolute atomic E-state index is 0.161. The molecule has 2 fully saturated rings. The lowest BCUT2D eigenvalue weighted by Gasteiger charge is -2.35. The molecule has 0 unspecified atom stereocenters. The smallest absolute Gasteiger partial charge is 0.260 e. The van der Waals surface area contributed by atoms with Crippen LogP contribution < -0.4 is 0 Å². The van der Waals surface area contributed by atoms with E-state index in [4.69, 9.17) is 18.9 Å². The summed E-state index contributed by atoms with van der Waals surface area (Å²) in [6.07, 6.45) is 5.75. The van der Waals surface area contributed by atoms with E-state index in [2.05, 4.69) is 0 Å². The minimum atomic E-state index is -0.969. The molecule has 4 nitrogen and oxygen atoms in total. The van der Waals surface area contributed by atoms with Gasteiger partial charge in [0.2, 0.25) is 0 Å². The molecule has 4 rings (SSSR count). The summed E-state index contributed by atoms with van der Waals surface area (Å²) in [5.41, 5.74) is 1.97. The molecule has 0 amide bonds. The predicted molar refractivity (Wildman–Crippen MR) is 63.1 cm³/mol. The van der Waals surface area contributed by atoms with Crippen molar-refractivity contribution in [3.63, 3.8) is 0 Å². The molecule has 3 aliphatic rings. The zero-order valence-corrected chi connectivity index (χ0v) is 9.67. The van der Waals surface area contributed by atoms with E-state index in [1.807, 2.05) is 48.6 Å². The minimum Gasteiger partial charge on any atom is -0.315 e. The van der Waals surface area contributed by atoms with Crippen LogP contribution in [0.25, 0.3) is 5.57 Å². The van der Waals surface area contributed by atoms with E-state index in [-0.39, 0.29) is 13.6 Å². The Morgan fingerprint density at radius 2 is 1.61 bits per heavy atom. The summed E-state index contributed by atoms with van der Waals surface area (Å²) in [5, 5.41) is 0. The first-order valence-corrected chi connectivity index (χ1v) is 5.88. The van der Waals surface area contributed by atoms with E-state index in [0.717, 1.165) is 11.1 Å². The van der Waals surface area contributed by atoms with Crippen molar-refractivity contribution in [1.29, 1.82) is 0 Å². The van der Waals surface area contributed by atoms with Gasteiger partial charge in [0.05, 0.1) is 0 Å². The van der Waals surface area contributed by atoms with Gasteiger partial charge in [0, 0.05) is 5.57 Å². The third-order valence-electron chi connectivity index (χ3n) is 3.55. The molecule has 4 heteroatoms. The number of allylic oxidation sites excluding steroid dienone is 2. The normalized spacial score (nSPS) is 37.2. The topological polar surface area (TPSA) is 36.9 Å². The Morgan fingerprint density at radius 3 is 2.33 bits per heavy atom. The van der Waals surface area contributed by atoms with Gasteiger partial charge in [0.15, 0.2) is 13.6 Å². The number of hydrogen-bond acceptors (Lipinski definition) is 4. The maximum absolute atomic E-state index is 5.74. The van der Waals surface area contributed by atoms with Crippen molar-refractivity contribution >= 4 is 5.57 Å². The fourth-order valence-electron chi connectivity index (χ4n) is 2.71. The highest BCUT2D eigenvalue weighted by atomic mass is 16.9. The lowest BCUT2D eigenvalue weighted by atomic mass is 9.87. The van der Waals surface area contributed by atoms with E-state index in [9.17, 15) is 0 Å². The Labute approximate surface area is 104 Å². The van der Waals surface area contributed by atoms with Crippen molar-refractivity contribution in [2.75, 3.05) is 13.6 Å². The first kappa shape index (κ1) is 10.5. The van der Waals surface area contributed by atoms with E-state index >= 15 is 0 Å². The van der Waals surface area contributed by atoms with Crippen LogP contribution in [0, 0.1) is 0 Å². The van der Waals surface area contributed by atoms with Gasteiger partial charge in [0.25, 0.3) is 11.6 Å². The van der Waals surface area contributed by atoms with Crippen LogP contribution in [0.4, 0.5) is 0 Å². The molecular formula is C14H12O4. The second-order valence-corrected chi connectivity index (χ2v) is 4.40. The monoisotopic (exact) mass is 244 g/mol. The van der Waals surface area contributed by atoms with Crippen LogP contribution in [0.3, 0.4) is 0 Å². The standard InChI is InChI=1S/C14H12O4/c1-2-5-11(6-3-1)12-7-4-8-13-14(12,17-9-15-13)18-10-16-13/h1-8H,9-10H2. The van der Waals surface area contributed by atoms with E-state index in [1.54, 1.807) is 0 Å². The predicted octanol–water partition coefficient (Wildman–Crippen LogP) is 2.04. The molecule has 18 heavy (non-hydrogen) atoms. The molecule has 0 radical (unpaired) electrons. The van der Waals surface area contributed by atoms with Crippen LogP contribution in [0.2, 0.25) is 0 Å². The summed E-state index contributed by atoms with van der Waals surface area (Å²) in [4.78, 5) is 0. The molecule has 92 valence electrons. The summed E-state index contributed by atoms with van der Waals surface area (Å²) >= 11 is 0. The van der Waals surface area contributed by atoms with Crippen LogP contribution in [-0.4, -0.2) is 25.2 Å². The Kier molecular flexibility index (Phi) is 2.05. The molecule has 2 aliphatic heterocycles. The van der Waals surface area contributed by atoms with Gasteiger partial charge in [-0.25, -0.2) is 0 Å². The van der Waals surface area contributed by atoms with E-state index in [1.165, 1.54) is 0 Å². The SMILES string of the molecule is C1=CC23OCOC2(OCO3)C(c2ccccc2)=C1. The first-order chi connectivity index (χ1) is 8.86. The molecule has 0 aromatic heterocycles. The molecule has 1 aromatic carbocycles. The van der Waals surface area contributed by atoms with Gasteiger partial charge >= 0.3 is 0 Å². The molecular weight excluding hydrogens is 232 g/mol. The molecule has 1 aromatic rings. The molecule has 1 aliphatic carbocycles. The van der Waals surface area contributed by atoms with Crippen molar-refractivity contribution < 1.29 is 18.9 Å². The van der Waals surface area contributed by atoms with Crippen LogP contribution in [0.15, 0.2) is 48.6 Å². The van der Waals surface area contributed by atoms with Gasteiger partial charge in [-0.2, -0.15) is 0 Å². The van der Waals surface area contributed by atoms with Gasteiger partial charge in [-0.3, -0.25) is 0 Å². The Bertz CT molecular complexity index is 522. The fourth-order valence-corrected chi connectivity index (χ4v) is 2.71. The lowest BCUT2D eigenvalue weighted by Crippen LogP contribution is -2.49. The van der Waals surface area contributed by atoms with Crippen molar-refractivity contribution in [2.24, 2.45) is 0 Å². The van der Waals surface area contributed by atoms with Gasteiger partial charge in [0.1, 0.15) is 0 Å². The van der Waals surface area contributed by atoms with Gasteiger partial charge in [-0.1, -0.05) is 42.5 Å². The molecule has 0 saturated carbocycles. The number of benzene rings is 1. The van der Waals surface area contributed by atoms with Crippen LogP contribution in [0.5, 0.6) is 0 Å². The lowest BCUT2D eigenvalue weighted by molar-refractivity contribution is -0.157. The number of ether oxygens (including phenoxy) is 4. The summed E-state index contributed by atoms with van der Waals surface area (Å²) in [6.45, 7) is 0.322. The largest absolute Gasteiger partial charge is 0.315 e. The van der Waals surface area contributed by atoms with E-state index < -0.39 is 11.6 Å². The van der Waals surface area contributed by atoms with Crippen LogP contribution in [0.1, 0.15) is 5.56 Å². The fraction of sp³-hybridized carbons (Fsp3) is 0.286. The highest BCUT2D eigenvalue weighted by molar-refractivity contribution is 5.76. The first-order valence-electron chi connectivity index (χ1n) is 5.88. The van der Waals surface area contributed by atoms with Crippen LogP contribution in [-0.2, 0) is 18.9 Å². The zero-order chi connectivity index (χ0) is 12.1. The van der Waals surface area contributed by atoms with Crippen molar-refractivity contribution in [3.8, 4) is 0 Å². The number of hydrogen-bond donors (Lipinski definition) is 0. The second kappa shape index (κ2) is 3.52. The Hall–Kier alpha value is -1.46. The molecule has 0 bridgehead atoms. The maximum atomic E-state index is 5.74. The molecule has 0 spiro atoms. The van der Waals surface area contributed by atoms with Crippen molar-refractivity contribution in [1.82, 2.24) is 0 Å². The van der Waals surface area contributed by atoms with Gasteiger partial charge < -0.3 is 18.9 Å². The Morgan fingerprint density at radius 1 is 0.889 bits per heavy atom. The maximum Gasteiger partial charge on any atom is 0.260 e. The summed E-state index contributed by atoms with van der Waals surface area (Å²) in [7, 11) is 0. The highest BCUT2D eigenvalue weighted by Gasteiger charge is 2.66. The quantitative estimate of drug-likeness (QED) is 0.757. The van der Waals surface area contributed by atoms with Gasteiger partial charge in [-0.15, -0.1) is 0 Å². The van der Waals surface area contributed by atoms with Gasteiger partial charge in [-0.05, 0) is 11.6 Å². The molecule has 0 N–H and O–H groups in total. The molecule has 2 saturated heterocycles. The summed E-state index contributed by atoms with van der Waals surface area (Å²) < 4.78 is 22.7. The zero-order valence-electron chi connectivity index (χ0n) is 9.67. The third-order valence-corrected chi connectivity index (χ3v) is 3.55. The highest BCUT2D eigenvalue weighted by Crippen LogP contribution is 2.52. The van der Waals surface area contributed by atoms with E-state index in [0.29, 0.717) is 0 Å². The second-order valence-electron chi connectivity index (χ2n) is 4.40. The molecule has 0 atom stereocenters. The number of rotatable bonds is 1. The average molecular weight is 244 g/mol.